The van der Waals surface area contributed by atoms with Gasteiger partial charge in [-0.2, -0.15) is 41.2 Å². The van der Waals surface area contributed by atoms with E-state index in [1.807, 2.05) is 0 Å². The van der Waals surface area contributed by atoms with Crippen LogP contribution in [0.2, 0.25) is 0 Å². The van der Waals surface area contributed by atoms with Crippen molar-refractivity contribution in [2.75, 3.05) is 27.4 Å². The molecule has 0 aliphatic carbocycles. The summed E-state index contributed by atoms with van der Waals surface area (Å²) in [5, 5.41) is 21.4. The number of nitrogens with zero attached hydrogens (tertiary/aromatic N) is 8. The number of ether oxygens (including phenoxy) is 5. The van der Waals surface area contributed by atoms with Gasteiger partial charge in [0.05, 0.1) is 31.7 Å². The lowest BCUT2D eigenvalue weighted by Gasteiger charge is -2.28. The van der Waals surface area contributed by atoms with Gasteiger partial charge in [-0.25, -0.2) is 0 Å². The minimum absolute atomic E-state index is 0.00303. The SMILES string of the molecule is COc1cc(OC(F)(F)F)ccc1-c1ccc2nnc(C(F)(F)OC)n2n1.FC(F)(F)Oc1ccc(-c2ccc3nnc(C(F)(F)F)n3n2)c(C2COC2)c1. The lowest BCUT2D eigenvalue weighted by atomic mass is 9.91. The summed E-state index contributed by atoms with van der Waals surface area (Å²) in [6.07, 6.45) is -18.2. The standard InChI is InChI=1S/C16H10F6N4O2.C15H11F5N4O3/c17-15(18,19)14-24-23-13-4-3-12(25-26(13)14)10-2-1-9(28-16(20,21)22)5-11(10)8-6-27-7-8;1-25-11-7-8(27-15(18,19)20)3-4-9(11)10-5-6-12-21-22-13(24(12)23-10)14(16,17)26-2/h1-5,8H,6-7H2;3-7H,1-2H3. The molecule has 0 amide bonds. The van der Waals surface area contributed by atoms with E-state index in [0.29, 0.717) is 15.6 Å². The van der Waals surface area contributed by atoms with E-state index in [2.05, 4.69) is 44.8 Å². The van der Waals surface area contributed by atoms with Crippen LogP contribution >= 0.6 is 0 Å². The summed E-state index contributed by atoms with van der Waals surface area (Å²) >= 11 is 0. The van der Waals surface area contributed by atoms with Gasteiger partial charge in [-0.3, -0.25) is 0 Å². The molecule has 2 aromatic carbocycles. The van der Waals surface area contributed by atoms with Crippen LogP contribution in [0.4, 0.5) is 48.3 Å². The highest BCUT2D eigenvalue weighted by atomic mass is 19.4. The highest BCUT2D eigenvalue weighted by molar-refractivity contribution is 5.69. The Morgan fingerprint density at radius 1 is 0.618 bits per heavy atom. The summed E-state index contributed by atoms with van der Waals surface area (Å²) in [4.78, 5) is 0. The Labute approximate surface area is 299 Å². The molecule has 7 rings (SSSR count). The van der Waals surface area contributed by atoms with Crippen molar-refractivity contribution < 1.29 is 72.0 Å². The van der Waals surface area contributed by atoms with Crippen molar-refractivity contribution in [1.29, 1.82) is 0 Å². The van der Waals surface area contributed by atoms with Gasteiger partial charge in [-0.05, 0) is 60.2 Å². The molecule has 1 fully saturated rings. The molecule has 0 unspecified atom stereocenters. The van der Waals surface area contributed by atoms with Gasteiger partial charge in [0.1, 0.15) is 17.2 Å². The highest BCUT2D eigenvalue weighted by Gasteiger charge is 2.39. The van der Waals surface area contributed by atoms with Gasteiger partial charge in [0.2, 0.25) is 0 Å². The van der Waals surface area contributed by atoms with Crippen LogP contribution in [0.15, 0.2) is 60.7 Å². The molecule has 1 saturated heterocycles. The van der Waals surface area contributed by atoms with E-state index in [0.717, 1.165) is 29.8 Å². The Morgan fingerprint density at radius 2 is 1.13 bits per heavy atom. The van der Waals surface area contributed by atoms with E-state index in [1.54, 1.807) is 0 Å². The number of rotatable bonds is 8. The van der Waals surface area contributed by atoms with Crippen LogP contribution in [0.25, 0.3) is 33.8 Å². The molecule has 24 heteroatoms. The molecule has 55 heavy (non-hydrogen) atoms. The van der Waals surface area contributed by atoms with Gasteiger partial charge in [0.25, 0.3) is 11.6 Å². The fourth-order valence-electron chi connectivity index (χ4n) is 5.12. The van der Waals surface area contributed by atoms with Crippen LogP contribution < -0.4 is 14.2 Å². The number of hydrogen-bond donors (Lipinski definition) is 0. The Kier molecular flexibility index (Phi) is 10.2. The lowest BCUT2D eigenvalue weighted by molar-refractivity contribution is -0.275. The molecule has 4 aromatic heterocycles. The quantitative estimate of drug-likeness (QED) is 0.145. The Bertz CT molecular complexity index is 2320. The summed E-state index contributed by atoms with van der Waals surface area (Å²) in [7, 11) is 2.03. The van der Waals surface area contributed by atoms with Gasteiger partial charge in [0.15, 0.2) is 11.3 Å². The smallest absolute Gasteiger partial charge is 0.496 e. The zero-order chi connectivity index (χ0) is 39.9. The van der Waals surface area contributed by atoms with Gasteiger partial charge >= 0.3 is 25.0 Å². The molecule has 0 bridgehead atoms. The van der Waals surface area contributed by atoms with Crippen LogP contribution in [-0.2, 0) is 21.8 Å². The maximum absolute atomic E-state index is 13.8. The summed E-state index contributed by atoms with van der Waals surface area (Å²) < 4.78 is 165. The Hall–Kier alpha value is -5.91. The topological polar surface area (TPSA) is 132 Å². The zero-order valence-electron chi connectivity index (χ0n) is 27.5. The van der Waals surface area contributed by atoms with Crippen molar-refractivity contribution in [1.82, 2.24) is 39.6 Å². The normalized spacial score (nSPS) is 14.1. The van der Waals surface area contributed by atoms with Crippen molar-refractivity contribution in [3.05, 3.63) is 77.9 Å². The maximum Gasteiger partial charge on any atom is 0.573 e. The van der Waals surface area contributed by atoms with E-state index in [4.69, 9.17) is 9.47 Å². The number of alkyl halides is 11. The largest absolute Gasteiger partial charge is 0.573 e. The third-order valence-corrected chi connectivity index (χ3v) is 7.59. The maximum atomic E-state index is 13.8. The van der Waals surface area contributed by atoms with E-state index >= 15 is 0 Å². The fourth-order valence-corrected chi connectivity index (χ4v) is 5.12. The van der Waals surface area contributed by atoms with Crippen molar-refractivity contribution >= 4 is 11.3 Å². The predicted octanol–water partition coefficient (Wildman–Crippen LogP) is 7.22. The van der Waals surface area contributed by atoms with Crippen LogP contribution in [0.5, 0.6) is 17.2 Å². The van der Waals surface area contributed by atoms with Crippen molar-refractivity contribution in [2.24, 2.45) is 0 Å². The summed E-state index contributed by atoms with van der Waals surface area (Å²) in [5.74, 6) is -3.31. The lowest BCUT2D eigenvalue weighted by Crippen LogP contribution is -2.26. The molecule has 0 atom stereocenters. The molecule has 0 N–H and O–H groups in total. The number of fused-ring (bicyclic) bond motifs is 2. The van der Waals surface area contributed by atoms with E-state index in [-0.39, 0.29) is 53.1 Å². The van der Waals surface area contributed by atoms with Gasteiger partial charge in [-0.15, -0.1) is 46.7 Å². The molecular weight excluding hydrogens is 773 g/mol. The van der Waals surface area contributed by atoms with Crippen LogP contribution in [-0.4, -0.2) is 79.8 Å². The van der Waals surface area contributed by atoms with Crippen molar-refractivity contribution in [3.63, 3.8) is 0 Å². The second-order valence-electron chi connectivity index (χ2n) is 11.2. The zero-order valence-corrected chi connectivity index (χ0v) is 27.5. The van der Waals surface area contributed by atoms with Crippen LogP contribution in [0.1, 0.15) is 23.1 Å². The molecule has 5 heterocycles. The first-order valence-electron chi connectivity index (χ1n) is 15.1. The molecule has 1 aliphatic rings. The number of halogens is 11. The number of hydrogen-bond acceptors (Lipinski definition) is 11. The third kappa shape index (κ3) is 8.58. The van der Waals surface area contributed by atoms with Gasteiger partial charge in [-0.1, -0.05) is 0 Å². The summed E-state index contributed by atoms with van der Waals surface area (Å²) in [5.41, 5.74) is 1.22. The van der Waals surface area contributed by atoms with E-state index in [1.165, 1.54) is 49.6 Å². The molecule has 0 radical (unpaired) electrons. The molecule has 13 nitrogen and oxygen atoms in total. The molecular formula is C31H21F11N8O5. The van der Waals surface area contributed by atoms with E-state index < -0.39 is 48.2 Å². The Balaban J connectivity index is 0.000000187. The monoisotopic (exact) mass is 794 g/mol. The number of benzene rings is 2. The number of methoxy groups -OCH3 is 2. The average molecular weight is 795 g/mol. The minimum Gasteiger partial charge on any atom is -0.496 e. The molecule has 1 aliphatic heterocycles. The molecule has 0 saturated carbocycles. The van der Waals surface area contributed by atoms with Gasteiger partial charge < -0.3 is 23.7 Å². The van der Waals surface area contributed by atoms with E-state index in [9.17, 15) is 48.3 Å². The molecule has 292 valence electrons. The minimum atomic E-state index is -4.87. The Morgan fingerprint density at radius 3 is 1.62 bits per heavy atom. The summed E-state index contributed by atoms with van der Waals surface area (Å²) in [6, 6.07) is 12.4. The van der Waals surface area contributed by atoms with Gasteiger partial charge in [0, 0.05) is 30.2 Å². The van der Waals surface area contributed by atoms with Crippen molar-refractivity contribution in [3.8, 4) is 39.8 Å². The second kappa shape index (κ2) is 14.4. The van der Waals surface area contributed by atoms with Crippen molar-refractivity contribution in [2.45, 2.75) is 30.9 Å². The predicted molar refractivity (Wildman–Crippen MR) is 162 cm³/mol. The third-order valence-electron chi connectivity index (χ3n) is 7.59. The second-order valence-corrected chi connectivity index (χ2v) is 11.2. The highest BCUT2D eigenvalue weighted by Crippen LogP contribution is 2.38. The van der Waals surface area contributed by atoms with Crippen LogP contribution in [0.3, 0.4) is 0 Å². The first kappa shape index (κ1) is 38.8. The fraction of sp³-hybridized carbons (Fsp3) is 0.290. The summed E-state index contributed by atoms with van der Waals surface area (Å²) in [6.45, 7) is 0.538. The molecule has 0 spiro atoms. The number of aromatic nitrogens is 8. The first-order chi connectivity index (χ1) is 25.8. The first-order valence-corrected chi connectivity index (χ1v) is 15.1. The van der Waals surface area contributed by atoms with Crippen LogP contribution in [0, 0.1) is 0 Å². The molecule has 6 aromatic rings. The average Bonchev–Trinajstić information content (AvgIpc) is 3.71.